The highest BCUT2D eigenvalue weighted by atomic mass is 19.1. The number of esters is 1. The van der Waals surface area contributed by atoms with Gasteiger partial charge in [0.1, 0.15) is 11.9 Å². The first kappa shape index (κ1) is 22.7. The summed E-state index contributed by atoms with van der Waals surface area (Å²) in [6.07, 6.45) is 0. The van der Waals surface area contributed by atoms with Crippen LogP contribution in [0.1, 0.15) is 41.5 Å². The highest BCUT2D eigenvalue weighted by molar-refractivity contribution is 5.98. The van der Waals surface area contributed by atoms with Crippen molar-refractivity contribution in [2.24, 2.45) is 5.92 Å². The number of carbonyl (C=O) groups excluding carboxylic acids is 4. The van der Waals surface area contributed by atoms with Crippen LogP contribution in [0.15, 0.2) is 48.5 Å². The molecule has 2 aromatic rings. The van der Waals surface area contributed by atoms with Crippen LogP contribution in [-0.4, -0.2) is 36.2 Å². The molecule has 0 fully saturated rings. The summed E-state index contributed by atoms with van der Waals surface area (Å²) < 4.78 is 18.0. The Hall–Kier alpha value is -3.55. The summed E-state index contributed by atoms with van der Waals surface area (Å²) in [6, 6.07) is 10.3. The van der Waals surface area contributed by atoms with Crippen LogP contribution in [0.3, 0.4) is 0 Å². The third kappa shape index (κ3) is 6.51. The van der Waals surface area contributed by atoms with Crippen LogP contribution in [0.2, 0.25) is 0 Å². The zero-order valence-corrected chi connectivity index (χ0v) is 16.9. The van der Waals surface area contributed by atoms with E-state index in [4.69, 9.17) is 4.74 Å². The third-order valence-corrected chi connectivity index (χ3v) is 4.21. The summed E-state index contributed by atoms with van der Waals surface area (Å²) in [6.45, 7) is 4.28. The topological polar surface area (TPSA) is 102 Å². The second-order valence-electron chi connectivity index (χ2n) is 6.99. The van der Waals surface area contributed by atoms with Crippen LogP contribution in [0.25, 0.3) is 0 Å². The van der Waals surface area contributed by atoms with Crippen molar-refractivity contribution in [2.45, 2.75) is 26.8 Å². The summed E-state index contributed by atoms with van der Waals surface area (Å²) in [5.74, 6) is -2.85. The van der Waals surface area contributed by atoms with E-state index in [-0.39, 0.29) is 17.3 Å². The number of anilines is 1. The number of amides is 2. The number of hydrogen-bond acceptors (Lipinski definition) is 5. The molecule has 0 aliphatic heterocycles. The molecular formula is C22H23FN2O5. The summed E-state index contributed by atoms with van der Waals surface area (Å²) in [5, 5.41) is 5.08. The lowest BCUT2D eigenvalue weighted by atomic mass is 10.0. The lowest BCUT2D eigenvalue weighted by Crippen LogP contribution is -2.45. The van der Waals surface area contributed by atoms with Gasteiger partial charge in [-0.05, 0) is 49.2 Å². The first-order chi connectivity index (χ1) is 14.2. The smallest absolute Gasteiger partial charge is 0.329 e. The van der Waals surface area contributed by atoms with E-state index >= 15 is 0 Å². The maximum atomic E-state index is 13.0. The van der Waals surface area contributed by atoms with Gasteiger partial charge in [0.15, 0.2) is 12.4 Å². The molecule has 0 saturated carbocycles. The first-order valence-electron chi connectivity index (χ1n) is 9.31. The van der Waals surface area contributed by atoms with Gasteiger partial charge in [0.05, 0.1) is 0 Å². The van der Waals surface area contributed by atoms with Crippen LogP contribution in [0, 0.1) is 11.7 Å². The number of hydrogen-bond donors (Lipinski definition) is 2. The molecule has 0 saturated heterocycles. The maximum Gasteiger partial charge on any atom is 0.329 e. The van der Waals surface area contributed by atoms with Gasteiger partial charge in [-0.3, -0.25) is 14.4 Å². The van der Waals surface area contributed by atoms with Gasteiger partial charge in [0.2, 0.25) is 0 Å². The first-order valence-corrected chi connectivity index (χ1v) is 9.31. The molecule has 2 amide bonds. The molecule has 30 heavy (non-hydrogen) atoms. The Morgan fingerprint density at radius 1 is 1.00 bits per heavy atom. The van der Waals surface area contributed by atoms with Gasteiger partial charge in [-0.15, -0.1) is 0 Å². The Morgan fingerprint density at radius 2 is 1.67 bits per heavy atom. The van der Waals surface area contributed by atoms with Crippen molar-refractivity contribution in [1.29, 1.82) is 0 Å². The monoisotopic (exact) mass is 414 g/mol. The molecule has 7 nitrogen and oxygen atoms in total. The fourth-order valence-corrected chi connectivity index (χ4v) is 2.56. The quantitative estimate of drug-likeness (QED) is 0.511. The Balaban J connectivity index is 1.93. The maximum absolute atomic E-state index is 13.0. The van der Waals surface area contributed by atoms with Gasteiger partial charge in [-0.1, -0.05) is 26.0 Å². The van der Waals surface area contributed by atoms with E-state index in [9.17, 15) is 23.6 Å². The third-order valence-electron chi connectivity index (χ3n) is 4.21. The van der Waals surface area contributed by atoms with Crippen molar-refractivity contribution in [3.05, 3.63) is 65.5 Å². The molecule has 0 aliphatic carbocycles. The molecule has 8 heteroatoms. The Bertz CT molecular complexity index is 941. The summed E-state index contributed by atoms with van der Waals surface area (Å²) >= 11 is 0. The molecule has 0 unspecified atom stereocenters. The number of Topliss-reactive ketones (excluding diaryl/α,β-unsaturated/α-hetero) is 1. The highest BCUT2D eigenvalue weighted by Gasteiger charge is 2.26. The minimum Gasteiger partial charge on any atom is -0.454 e. The fourth-order valence-electron chi connectivity index (χ4n) is 2.56. The Kier molecular flexibility index (Phi) is 7.80. The van der Waals surface area contributed by atoms with Crippen molar-refractivity contribution in [3.63, 3.8) is 0 Å². The highest BCUT2D eigenvalue weighted by Crippen LogP contribution is 2.12. The van der Waals surface area contributed by atoms with Crippen LogP contribution < -0.4 is 10.6 Å². The van der Waals surface area contributed by atoms with Crippen molar-refractivity contribution in [1.82, 2.24) is 5.32 Å². The van der Waals surface area contributed by atoms with Gasteiger partial charge in [0, 0.05) is 16.8 Å². The minimum absolute atomic E-state index is 0.144. The van der Waals surface area contributed by atoms with Gasteiger partial charge in [-0.2, -0.15) is 0 Å². The Morgan fingerprint density at radius 3 is 2.27 bits per heavy atom. The number of benzene rings is 2. The van der Waals surface area contributed by atoms with Crippen molar-refractivity contribution in [3.8, 4) is 0 Å². The van der Waals surface area contributed by atoms with Crippen molar-refractivity contribution < 1.29 is 28.3 Å². The van der Waals surface area contributed by atoms with E-state index < -0.39 is 36.2 Å². The Labute approximate surface area is 173 Å². The van der Waals surface area contributed by atoms with Crippen molar-refractivity contribution in [2.75, 3.05) is 11.9 Å². The second kappa shape index (κ2) is 10.3. The van der Waals surface area contributed by atoms with E-state index in [0.717, 1.165) is 12.1 Å². The van der Waals surface area contributed by atoms with E-state index in [1.807, 2.05) is 0 Å². The second-order valence-corrected chi connectivity index (χ2v) is 6.99. The zero-order chi connectivity index (χ0) is 22.3. The number of ketones is 1. The average molecular weight is 414 g/mol. The fraction of sp³-hybridized carbons (Fsp3) is 0.273. The number of rotatable bonds is 8. The van der Waals surface area contributed by atoms with Crippen LogP contribution >= 0.6 is 0 Å². The van der Waals surface area contributed by atoms with E-state index in [1.165, 1.54) is 25.1 Å². The molecular weight excluding hydrogens is 391 g/mol. The van der Waals surface area contributed by atoms with Crippen LogP contribution in [0.5, 0.6) is 0 Å². The molecule has 2 rings (SSSR count). The predicted molar refractivity (Wildman–Crippen MR) is 109 cm³/mol. The molecule has 0 radical (unpaired) electrons. The molecule has 158 valence electrons. The molecule has 0 bridgehead atoms. The molecule has 1 atom stereocenters. The molecule has 0 aromatic heterocycles. The summed E-state index contributed by atoms with van der Waals surface area (Å²) in [7, 11) is 0. The van der Waals surface area contributed by atoms with E-state index in [2.05, 4.69) is 10.6 Å². The van der Waals surface area contributed by atoms with Gasteiger partial charge < -0.3 is 15.4 Å². The molecule has 2 aromatic carbocycles. The lowest BCUT2D eigenvalue weighted by Gasteiger charge is -2.20. The molecule has 0 aliphatic rings. The van der Waals surface area contributed by atoms with E-state index in [0.29, 0.717) is 11.3 Å². The van der Waals surface area contributed by atoms with Crippen LogP contribution in [-0.2, 0) is 14.3 Å². The number of carbonyl (C=O) groups is 4. The zero-order valence-electron chi connectivity index (χ0n) is 16.9. The standard InChI is InChI=1S/C22H23FN2O5/c1-13(2)20(25-21(28)15-7-9-17(23)10-8-15)22(29)30-12-19(27)24-18-6-4-5-16(11-18)14(3)26/h4-11,13,20H,12H2,1-3H3,(H,24,27)(H,25,28)/t20-/m0/s1. The number of nitrogens with one attached hydrogen (secondary N) is 2. The normalized spacial score (nSPS) is 11.5. The largest absolute Gasteiger partial charge is 0.454 e. The van der Waals surface area contributed by atoms with Gasteiger partial charge in [-0.25, -0.2) is 9.18 Å². The molecule has 0 heterocycles. The van der Waals surface area contributed by atoms with Gasteiger partial charge >= 0.3 is 5.97 Å². The summed E-state index contributed by atoms with van der Waals surface area (Å²) in [5.41, 5.74) is 1.03. The van der Waals surface area contributed by atoms with E-state index in [1.54, 1.807) is 32.0 Å². The van der Waals surface area contributed by atoms with Crippen molar-refractivity contribution >= 4 is 29.3 Å². The minimum atomic E-state index is -0.989. The number of halogens is 1. The SMILES string of the molecule is CC(=O)c1cccc(NC(=O)COC(=O)[C@@H](NC(=O)c2ccc(F)cc2)C(C)C)c1. The number of ether oxygens (including phenoxy) is 1. The van der Waals surface area contributed by atoms with Crippen LogP contribution in [0.4, 0.5) is 10.1 Å². The molecule has 0 spiro atoms. The summed E-state index contributed by atoms with van der Waals surface area (Å²) in [4.78, 5) is 48.2. The average Bonchev–Trinajstić information content (AvgIpc) is 2.70. The van der Waals surface area contributed by atoms with Gasteiger partial charge in [0.25, 0.3) is 11.8 Å². The lowest BCUT2D eigenvalue weighted by molar-refractivity contribution is -0.150. The molecule has 2 N–H and O–H groups in total. The predicted octanol–water partition coefficient (Wildman–Crippen LogP) is 2.96.